The van der Waals surface area contributed by atoms with Gasteiger partial charge in [0.05, 0.1) is 23.8 Å². The summed E-state index contributed by atoms with van der Waals surface area (Å²) in [4.78, 5) is 48.7. The second-order valence-corrected chi connectivity index (χ2v) is 6.09. The van der Waals surface area contributed by atoms with Gasteiger partial charge in [-0.1, -0.05) is 29.8 Å². The maximum Gasteiger partial charge on any atom is 0.335 e. The largest absolute Gasteiger partial charge is 0.545 e. The zero-order chi connectivity index (χ0) is 20.4. The number of imide groups is 2. The number of carboxylic acids is 1. The second kappa shape index (κ2) is 7.53. The third-order valence-electron chi connectivity index (χ3n) is 3.95. The van der Waals surface area contributed by atoms with E-state index in [2.05, 4.69) is 5.32 Å². The molecular formula is C19H12ClN2O6-. The van der Waals surface area contributed by atoms with Crippen LogP contribution in [-0.2, 0) is 9.59 Å². The summed E-state index contributed by atoms with van der Waals surface area (Å²) in [6.45, 7) is 0. The first-order valence-corrected chi connectivity index (χ1v) is 8.26. The Labute approximate surface area is 164 Å². The van der Waals surface area contributed by atoms with E-state index in [1.165, 1.54) is 43.5 Å². The summed E-state index contributed by atoms with van der Waals surface area (Å²) in [6.07, 6.45) is 1.29. The molecule has 1 saturated heterocycles. The van der Waals surface area contributed by atoms with E-state index in [0.29, 0.717) is 11.3 Å². The van der Waals surface area contributed by atoms with Crippen molar-refractivity contribution in [2.75, 3.05) is 12.0 Å². The Hall–Kier alpha value is -3.65. The van der Waals surface area contributed by atoms with Crippen molar-refractivity contribution in [3.8, 4) is 5.75 Å². The van der Waals surface area contributed by atoms with E-state index < -0.39 is 23.8 Å². The lowest BCUT2D eigenvalue weighted by atomic mass is 10.1. The van der Waals surface area contributed by atoms with Gasteiger partial charge in [0.1, 0.15) is 11.3 Å². The second-order valence-electron chi connectivity index (χ2n) is 5.69. The minimum absolute atomic E-state index is 0.0960. The number of amides is 4. The fourth-order valence-electron chi connectivity index (χ4n) is 2.58. The Kier molecular flexibility index (Phi) is 5.14. The van der Waals surface area contributed by atoms with Crippen LogP contribution in [0.1, 0.15) is 15.9 Å². The van der Waals surface area contributed by atoms with Crippen molar-refractivity contribution >= 4 is 47.2 Å². The van der Waals surface area contributed by atoms with Gasteiger partial charge >= 0.3 is 6.03 Å². The minimum Gasteiger partial charge on any atom is -0.545 e. The molecule has 0 saturated carbocycles. The number of carboxylic acid groups (broad SMARTS) is 1. The van der Waals surface area contributed by atoms with Gasteiger partial charge in [0.2, 0.25) is 0 Å². The van der Waals surface area contributed by atoms with Crippen LogP contribution in [0.3, 0.4) is 0 Å². The predicted molar refractivity (Wildman–Crippen MR) is 97.8 cm³/mol. The number of benzene rings is 2. The van der Waals surface area contributed by atoms with Gasteiger partial charge in [-0.15, -0.1) is 0 Å². The van der Waals surface area contributed by atoms with Gasteiger partial charge in [0.15, 0.2) is 0 Å². The van der Waals surface area contributed by atoms with Gasteiger partial charge in [0, 0.05) is 0 Å². The van der Waals surface area contributed by atoms with Crippen LogP contribution in [0.4, 0.5) is 10.5 Å². The molecule has 0 unspecified atom stereocenters. The smallest absolute Gasteiger partial charge is 0.335 e. The van der Waals surface area contributed by atoms with Crippen LogP contribution in [0, 0.1) is 0 Å². The van der Waals surface area contributed by atoms with E-state index in [1.54, 1.807) is 12.1 Å². The van der Waals surface area contributed by atoms with Crippen molar-refractivity contribution in [2.45, 2.75) is 0 Å². The number of carbonyl (C=O) groups is 4. The topological polar surface area (TPSA) is 116 Å². The van der Waals surface area contributed by atoms with Crippen LogP contribution in [0.25, 0.3) is 6.08 Å². The molecule has 142 valence electrons. The van der Waals surface area contributed by atoms with E-state index in [4.69, 9.17) is 16.3 Å². The van der Waals surface area contributed by atoms with Crippen LogP contribution in [-0.4, -0.2) is 30.9 Å². The van der Waals surface area contributed by atoms with E-state index in [9.17, 15) is 24.3 Å². The van der Waals surface area contributed by atoms with Gasteiger partial charge in [-0.25, -0.2) is 9.69 Å². The van der Waals surface area contributed by atoms with E-state index in [0.717, 1.165) is 4.90 Å². The maximum absolute atomic E-state index is 12.8. The van der Waals surface area contributed by atoms with Crippen LogP contribution >= 0.6 is 11.6 Å². The van der Waals surface area contributed by atoms with Crippen LogP contribution < -0.4 is 20.1 Å². The monoisotopic (exact) mass is 399 g/mol. The average molecular weight is 400 g/mol. The Morgan fingerprint density at radius 1 is 1.14 bits per heavy atom. The van der Waals surface area contributed by atoms with Gasteiger partial charge in [-0.2, -0.15) is 0 Å². The molecule has 0 aliphatic carbocycles. The highest BCUT2D eigenvalue weighted by Crippen LogP contribution is 2.27. The molecule has 3 rings (SSSR count). The molecule has 4 amide bonds. The number of urea groups is 1. The van der Waals surface area contributed by atoms with Crippen LogP contribution in [0.15, 0.2) is 48.0 Å². The summed E-state index contributed by atoms with van der Waals surface area (Å²) in [7, 11) is 1.45. The Morgan fingerprint density at radius 2 is 1.82 bits per heavy atom. The molecular weight excluding hydrogens is 388 g/mol. The van der Waals surface area contributed by atoms with Crippen LogP contribution in [0.2, 0.25) is 5.02 Å². The number of methoxy groups -OCH3 is 1. The van der Waals surface area contributed by atoms with Crippen molar-refractivity contribution in [3.63, 3.8) is 0 Å². The molecule has 0 radical (unpaired) electrons. The highest BCUT2D eigenvalue weighted by Gasteiger charge is 2.36. The molecule has 0 aromatic heterocycles. The van der Waals surface area contributed by atoms with Gasteiger partial charge in [0.25, 0.3) is 11.8 Å². The number of nitrogens with zero attached hydrogens (tertiary/aromatic N) is 1. The molecule has 0 spiro atoms. The minimum atomic E-state index is -1.40. The maximum atomic E-state index is 12.8. The van der Waals surface area contributed by atoms with Crippen molar-refractivity contribution in [1.82, 2.24) is 5.32 Å². The number of hydrogen-bond acceptors (Lipinski definition) is 6. The molecule has 28 heavy (non-hydrogen) atoms. The standard InChI is InChI=1S/C19H13ClN2O6/c1-28-15-7-2-10(9-14(15)20)8-13-16(23)21-19(27)22(17(13)24)12-5-3-11(4-6-12)18(25)26/h2-9H,1H3,(H,25,26)(H,21,23,27)/p-1/b13-8+. The van der Waals surface area contributed by atoms with Gasteiger partial charge < -0.3 is 14.6 Å². The number of barbiturate groups is 1. The van der Waals surface area contributed by atoms with Crippen molar-refractivity contribution in [1.29, 1.82) is 0 Å². The first-order valence-electron chi connectivity index (χ1n) is 7.88. The van der Waals surface area contributed by atoms with Gasteiger partial charge in [-0.05, 0) is 41.5 Å². The summed E-state index contributed by atoms with van der Waals surface area (Å²) < 4.78 is 5.05. The molecule has 1 heterocycles. The number of halogens is 1. The van der Waals surface area contributed by atoms with Crippen LogP contribution in [0.5, 0.6) is 5.75 Å². The summed E-state index contributed by atoms with van der Waals surface area (Å²) in [6, 6.07) is 8.63. The lowest BCUT2D eigenvalue weighted by Gasteiger charge is -2.26. The SMILES string of the molecule is COc1ccc(/C=C2\C(=O)NC(=O)N(c3ccc(C(=O)[O-])cc3)C2=O)cc1Cl. The van der Waals surface area contributed by atoms with E-state index in [-0.39, 0.29) is 21.8 Å². The fourth-order valence-corrected chi connectivity index (χ4v) is 2.84. The molecule has 1 aliphatic rings. The summed E-state index contributed by atoms with van der Waals surface area (Å²) in [5.74, 6) is -2.69. The van der Waals surface area contributed by atoms with Crippen molar-refractivity contribution in [3.05, 3.63) is 64.2 Å². The Bertz CT molecular complexity index is 1030. The van der Waals surface area contributed by atoms with E-state index in [1.807, 2.05) is 0 Å². The molecule has 0 atom stereocenters. The number of hydrogen-bond donors (Lipinski definition) is 1. The fraction of sp³-hybridized carbons (Fsp3) is 0.0526. The Balaban J connectivity index is 1.98. The quantitative estimate of drug-likeness (QED) is 0.613. The molecule has 8 nitrogen and oxygen atoms in total. The normalized spacial score (nSPS) is 15.6. The zero-order valence-electron chi connectivity index (χ0n) is 14.4. The zero-order valence-corrected chi connectivity index (χ0v) is 15.1. The Morgan fingerprint density at radius 3 is 2.39 bits per heavy atom. The summed E-state index contributed by atoms with van der Waals surface area (Å²) >= 11 is 6.05. The van der Waals surface area contributed by atoms with Crippen molar-refractivity contribution < 1.29 is 29.0 Å². The molecule has 0 bridgehead atoms. The summed E-state index contributed by atoms with van der Waals surface area (Å²) in [5.41, 5.74) is 0.141. The number of anilines is 1. The average Bonchev–Trinajstić information content (AvgIpc) is 2.65. The lowest BCUT2D eigenvalue weighted by Crippen LogP contribution is -2.54. The third kappa shape index (κ3) is 3.58. The molecule has 1 aliphatic heterocycles. The first kappa shape index (κ1) is 19.1. The highest BCUT2D eigenvalue weighted by molar-refractivity contribution is 6.39. The molecule has 2 aromatic carbocycles. The molecule has 1 fully saturated rings. The molecule has 1 N–H and O–H groups in total. The number of rotatable bonds is 4. The molecule has 2 aromatic rings. The number of ether oxygens (including phenoxy) is 1. The summed E-state index contributed by atoms with van der Waals surface area (Å²) in [5, 5.41) is 13.2. The predicted octanol–water partition coefficient (Wildman–Crippen LogP) is 1.38. The van der Waals surface area contributed by atoms with Gasteiger partial charge in [-0.3, -0.25) is 14.9 Å². The number of nitrogens with one attached hydrogen (secondary N) is 1. The number of aromatic carboxylic acids is 1. The lowest BCUT2D eigenvalue weighted by molar-refractivity contribution is -0.255. The van der Waals surface area contributed by atoms with E-state index >= 15 is 0 Å². The van der Waals surface area contributed by atoms with Crippen molar-refractivity contribution in [2.24, 2.45) is 0 Å². The first-order chi connectivity index (χ1) is 13.3. The molecule has 9 heteroatoms. The highest BCUT2D eigenvalue weighted by atomic mass is 35.5. The third-order valence-corrected chi connectivity index (χ3v) is 4.25. The number of carbonyl (C=O) groups excluding carboxylic acids is 4.